The largest absolute Gasteiger partial charge is 0.482 e. The molecule has 0 saturated heterocycles. The Labute approximate surface area is 166 Å². The monoisotopic (exact) mass is 393 g/mol. The second kappa shape index (κ2) is 7.67. The molecule has 3 N–H and O–H groups in total. The van der Waals surface area contributed by atoms with Crippen molar-refractivity contribution in [1.82, 2.24) is 10.3 Å². The van der Waals surface area contributed by atoms with Gasteiger partial charge in [0.15, 0.2) is 6.61 Å². The van der Waals surface area contributed by atoms with E-state index in [1.54, 1.807) is 12.1 Å². The number of amides is 2. The fraction of sp³-hybridized carbons (Fsp3) is 0.190. The van der Waals surface area contributed by atoms with Crippen LogP contribution in [0.4, 0.5) is 5.69 Å². The summed E-state index contributed by atoms with van der Waals surface area (Å²) in [6.45, 7) is -0.0619. The minimum absolute atomic E-state index is 0.0619. The molecule has 4 rings (SSSR count). The molecular weight excluding hydrogens is 374 g/mol. The molecule has 0 aliphatic carbocycles. The van der Waals surface area contributed by atoms with E-state index in [9.17, 15) is 14.4 Å². The number of anilines is 1. The summed E-state index contributed by atoms with van der Waals surface area (Å²) in [4.78, 5) is 39.7. The van der Waals surface area contributed by atoms with Gasteiger partial charge in [-0.15, -0.1) is 0 Å². The van der Waals surface area contributed by atoms with Crippen LogP contribution in [-0.4, -0.2) is 42.5 Å². The number of nitrogens with one attached hydrogen (secondary N) is 3. The van der Waals surface area contributed by atoms with Crippen LogP contribution in [0.15, 0.2) is 48.7 Å². The maximum absolute atomic E-state index is 12.8. The quantitative estimate of drug-likeness (QED) is 0.575. The molecule has 8 heteroatoms. The lowest BCUT2D eigenvalue weighted by molar-refractivity contribution is -0.142. The molecule has 8 nitrogen and oxygen atoms in total. The molecule has 0 fully saturated rings. The Kier molecular flexibility index (Phi) is 4.90. The highest BCUT2D eigenvalue weighted by Gasteiger charge is 2.25. The van der Waals surface area contributed by atoms with Gasteiger partial charge in [0.2, 0.25) is 0 Å². The lowest BCUT2D eigenvalue weighted by atomic mass is 10.0. The van der Waals surface area contributed by atoms with Gasteiger partial charge in [0.05, 0.1) is 12.8 Å². The van der Waals surface area contributed by atoms with E-state index in [0.29, 0.717) is 17.0 Å². The molecule has 1 atom stereocenters. The molecule has 1 aliphatic rings. The Hall–Kier alpha value is -3.81. The maximum atomic E-state index is 12.8. The van der Waals surface area contributed by atoms with Crippen molar-refractivity contribution in [3.05, 3.63) is 59.8 Å². The van der Waals surface area contributed by atoms with Crippen LogP contribution in [-0.2, 0) is 20.7 Å². The number of methoxy groups -OCH3 is 1. The van der Waals surface area contributed by atoms with Gasteiger partial charge >= 0.3 is 5.97 Å². The lowest BCUT2D eigenvalue weighted by Gasteiger charge is -2.19. The molecule has 2 heterocycles. The van der Waals surface area contributed by atoms with Crippen molar-refractivity contribution >= 4 is 34.4 Å². The standard InChI is InChI=1S/C21H19N3O5/c1-28-21(27)17(9-13-10-22-15-5-3-2-4-14(13)15)24-20(26)12-6-7-18-16(8-12)23-19(25)11-29-18/h2-8,10,17,22H,9,11H2,1H3,(H,23,25)(H,24,26)/t17-/m1/s1. The minimum Gasteiger partial charge on any atom is -0.482 e. The number of aromatic nitrogens is 1. The summed E-state index contributed by atoms with van der Waals surface area (Å²) in [5.41, 5.74) is 2.55. The third-order valence-electron chi connectivity index (χ3n) is 4.76. The molecule has 1 aromatic heterocycles. The highest BCUT2D eigenvalue weighted by atomic mass is 16.5. The minimum atomic E-state index is -0.867. The van der Waals surface area contributed by atoms with Crippen LogP contribution < -0.4 is 15.4 Å². The summed E-state index contributed by atoms with van der Waals surface area (Å²) in [5.74, 6) is -0.799. The first-order valence-electron chi connectivity index (χ1n) is 9.05. The van der Waals surface area contributed by atoms with E-state index in [-0.39, 0.29) is 18.9 Å². The van der Waals surface area contributed by atoms with Gasteiger partial charge in [0.25, 0.3) is 11.8 Å². The highest BCUT2D eigenvalue weighted by Crippen LogP contribution is 2.28. The number of aromatic amines is 1. The highest BCUT2D eigenvalue weighted by molar-refractivity contribution is 6.01. The van der Waals surface area contributed by atoms with Crippen molar-refractivity contribution in [2.45, 2.75) is 12.5 Å². The van der Waals surface area contributed by atoms with Crippen LogP contribution in [0, 0.1) is 0 Å². The van der Waals surface area contributed by atoms with Gasteiger partial charge in [-0.05, 0) is 29.8 Å². The van der Waals surface area contributed by atoms with Crippen molar-refractivity contribution < 1.29 is 23.9 Å². The van der Waals surface area contributed by atoms with E-state index in [1.807, 2.05) is 30.5 Å². The molecule has 0 radical (unpaired) electrons. The maximum Gasteiger partial charge on any atom is 0.328 e. The molecule has 2 amide bonds. The van der Waals surface area contributed by atoms with Gasteiger partial charge in [0.1, 0.15) is 11.8 Å². The summed E-state index contributed by atoms with van der Waals surface area (Å²) in [7, 11) is 1.28. The molecule has 29 heavy (non-hydrogen) atoms. The number of carbonyl (C=O) groups excluding carboxylic acids is 3. The van der Waals surface area contributed by atoms with Crippen LogP contribution in [0.2, 0.25) is 0 Å². The molecule has 0 bridgehead atoms. The number of esters is 1. The average molecular weight is 393 g/mol. The molecule has 3 aromatic rings. The first-order valence-corrected chi connectivity index (χ1v) is 9.05. The van der Waals surface area contributed by atoms with E-state index in [1.165, 1.54) is 13.2 Å². The van der Waals surface area contributed by atoms with Gasteiger partial charge < -0.3 is 25.1 Å². The second-order valence-electron chi connectivity index (χ2n) is 6.66. The summed E-state index contributed by atoms with van der Waals surface area (Å²) in [5, 5.41) is 6.36. The molecule has 1 aliphatic heterocycles. The number of carbonyl (C=O) groups is 3. The first kappa shape index (κ1) is 18.5. The topological polar surface area (TPSA) is 110 Å². The number of benzene rings is 2. The number of hydrogen-bond donors (Lipinski definition) is 3. The zero-order valence-corrected chi connectivity index (χ0v) is 15.7. The number of hydrogen-bond acceptors (Lipinski definition) is 5. The van der Waals surface area contributed by atoms with Gasteiger partial charge in [-0.1, -0.05) is 18.2 Å². The smallest absolute Gasteiger partial charge is 0.328 e. The molecule has 2 aromatic carbocycles. The number of H-pyrrole nitrogens is 1. The van der Waals surface area contributed by atoms with Gasteiger partial charge in [-0.25, -0.2) is 4.79 Å². The molecule has 148 valence electrons. The third-order valence-corrected chi connectivity index (χ3v) is 4.76. The third kappa shape index (κ3) is 3.77. The van der Waals surface area contributed by atoms with E-state index in [2.05, 4.69) is 15.6 Å². The Bertz CT molecular complexity index is 1100. The summed E-state index contributed by atoms with van der Waals surface area (Å²) >= 11 is 0. The van der Waals surface area contributed by atoms with E-state index in [0.717, 1.165) is 16.5 Å². The average Bonchev–Trinajstić information content (AvgIpc) is 3.15. The normalized spacial score (nSPS) is 13.8. The van der Waals surface area contributed by atoms with Crippen molar-refractivity contribution in [2.24, 2.45) is 0 Å². The summed E-state index contributed by atoms with van der Waals surface area (Å²) < 4.78 is 10.2. The van der Waals surface area contributed by atoms with Crippen molar-refractivity contribution in [2.75, 3.05) is 19.0 Å². The molecule has 0 saturated carbocycles. The zero-order chi connectivity index (χ0) is 20.4. The number of ether oxygens (including phenoxy) is 2. The first-order chi connectivity index (χ1) is 14.0. The molecular formula is C21H19N3O5. The fourth-order valence-electron chi connectivity index (χ4n) is 3.32. The number of para-hydroxylation sites is 1. The van der Waals surface area contributed by atoms with E-state index in [4.69, 9.17) is 9.47 Å². The summed E-state index contributed by atoms with van der Waals surface area (Å²) in [6.07, 6.45) is 2.09. The van der Waals surface area contributed by atoms with Gasteiger partial charge in [-0.3, -0.25) is 9.59 Å². The van der Waals surface area contributed by atoms with Crippen molar-refractivity contribution in [3.8, 4) is 5.75 Å². The van der Waals surface area contributed by atoms with Crippen LogP contribution >= 0.6 is 0 Å². The number of fused-ring (bicyclic) bond motifs is 2. The van der Waals surface area contributed by atoms with Gasteiger partial charge in [-0.2, -0.15) is 0 Å². The van der Waals surface area contributed by atoms with Crippen LogP contribution in [0.25, 0.3) is 10.9 Å². The van der Waals surface area contributed by atoms with Crippen molar-refractivity contribution in [1.29, 1.82) is 0 Å². The Morgan fingerprint density at radius 3 is 2.90 bits per heavy atom. The van der Waals surface area contributed by atoms with E-state index >= 15 is 0 Å². The van der Waals surface area contributed by atoms with Crippen LogP contribution in [0.3, 0.4) is 0 Å². The fourth-order valence-corrected chi connectivity index (χ4v) is 3.32. The Morgan fingerprint density at radius 2 is 2.07 bits per heavy atom. The van der Waals surface area contributed by atoms with Gasteiger partial charge in [0, 0.05) is 29.1 Å². The Balaban J connectivity index is 1.55. The van der Waals surface area contributed by atoms with Crippen molar-refractivity contribution in [3.63, 3.8) is 0 Å². The number of rotatable bonds is 5. The van der Waals surface area contributed by atoms with Crippen LogP contribution in [0.1, 0.15) is 15.9 Å². The zero-order valence-electron chi connectivity index (χ0n) is 15.7. The van der Waals surface area contributed by atoms with E-state index < -0.39 is 17.9 Å². The molecule has 0 spiro atoms. The predicted molar refractivity (Wildman–Crippen MR) is 106 cm³/mol. The SMILES string of the molecule is COC(=O)[C@@H](Cc1c[nH]c2ccccc12)NC(=O)c1ccc2c(c1)NC(=O)CO2. The van der Waals surface area contributed by atoms with Crippen LogP contribution in [0.5, 0.6) is 5.75 Å². The second-order valence-corrected chi connectivity index (χ2v) is 6.66. The summed E-state index contributed by atoms with van der Waals surface area (Å²) in [6, 6.07) is 11.5. The Morgan fingerprint density at radius 1 is 1.24 bits per heavy atom. The lowest BCUT2D eigenvalue weighted by Crippen LogP contribution is -2.43. The molecule has 0 unspecified atom stereocenters. The predicted octanol–water partition coefficient (Wildman–Crippen LogP) is 2.01.